The van der Waals surface area contributed by atoms with Crippen molar-refractivity contribution in [1.29, 1.82) is 0 Å². The van der Waals surface area contributed by atoms with Crippen molar-refractivity contribution in [2.75, 3.05) is 36.9 Å². The van der Waals surface area contributed by atoms with Gasteiger partial charge in [0.2, 0.25) is 11.9 Å². The maximum atomic E-state index is 6.26. The summed E-state index contributed by atoms with van der Waals surface area (Å²) < 4.78 is 6.26. The monoisotopic (exact) mass is 442 g/mol. The minimum atomic E-state index is 0.00908. The fourth-order valence-corrected chi connectivity index (χ4v) is 4.80. The van der Waals surface area contributed by atoms with E-state index >= 15 is 0 Å². The number of nitrogen functional groups attached to an aromatic ring is 1. The van der Waals surface area contributed by atoms with E-state index in [1.807, 2.05) is 18.2 Å². The Labute approximate surface area is 185 Å². The molecular weight excluding hydrogens is 416 g/mol. The number of nitrogens with one attached hydrogen (secondary N) is 2. The summed E-state index contributed by atoms with van der Waals surface area (Å²) in [5.74, 6) is 1.04. The number of halogens is 1. The molecule has 1 aromatic carbocycles. The smallest absolute Gasteiger partial charge is 0.246 e. The molecule has 2 fully saturated rings. The summed E-state index contributed by atoms with van der Waals surface area (Å²) in [7, 11) is 0. The third kappa shape index (κ3) is 4.53. The lowest BCUT2D eigenvalue weighted by Crippen LogP contribution is -2.55. The van der Waals surface area contributed by atoms with Gasteiger partial charge in [-0.25, -0.2) is 5.10 Å². The third-order valence-corrected chi connectivity index (χ3v) is 6.55. The standard InChI is InChI=1S/C21H27ClN8O/c22-15-3-1-14(2-4-15)11-17-13-31-19(18-5-8-24-26-18)12-30(17)16-6-9-29(10-7-16)21-25-20(23)27-28-21/h1-5,8,16-17,19H,6-7,9-13H2,(H,24,26)(H3,23,25,27,28)/t17-,19+/m0/s1. The van der Waals surface area contributed by atoms with Crippen LogP contribution < -0.4 is 10.6 Å². The first-order valence-electron chi connectivity index (χ1n) is 10.7. The number of H-pyrrole nitrogens is 2. The van der Waals surface area contributed by atoms with E-state index in [1.165, 1.54) is 5.56 Å². The minimum absolute atomic E-state index is 0.00908. The molecular formula is C21H27ClN8O. The van der Waals surface area contributed by atoms with Gasteiger partial charge in [-0.2, -0.15) is 10.1 Å². The molecule has 9 nitrogen and oxygen atoms in total. The molecule has 164 valence electrons. The Morgan fingerprint density at radius 1 is 1.13 bits per heavy atom. The van der Waals surface area contributed by atoms with Crippen molar-refractivity contribution in [3.63, 3.8) is 0 Å². The summed E-state index contributed by atoms with van der Waals surface area (Å²) in [6.07, 6.45) is 4.81. The van der Waals surface area contributed by atoms with Gasteiger partial charge in [-0.05, 0) is 43.0 Å². The highest BCUT2D eigenvalue weighted by Crippen LogP contribution is 2.31. The summed E-state index contributed by atoms with van der Waals surface area (Å²) in [5, 5.41) is 14.9. The molecule has 2 aromatic heterocycles. The molecule has 0 radical (unpaired) electrons. The van der Waals surface area contributed by atoms with Crippen molar-refractivity contribution < 1.29 is 4.74 Å². The van der Waals surface area contributed by atoms with E-state index in [-0.39, 0.29) is 6.10 Å². The first-order chi connectivity index (χ1) is 15.2. The van der Waals surface area contributed by atoms with E-state index in [4.69, 9.17) is 22.1 Å². The van der Waals surface area contributed by atoms with Gasteiger partial charge in [0.15, 0.2) is 0 Å². The molecule has 4 heterocycles. The highest BCUT2D eigenvalue weighted by molar-refractivity contribution is 6.30. The molecule has 0 unspecified atom stereocenters. The maximum Gasteiger partial charge on any atom is 0.246 e. The first-order valence-corrected chi connectivity index (χ1v) is 11.1. The molecule has 2 atom stereocenters. The lowest BCUT2D eigenvalue weighted by Gasteiger charge is -2.46. The Morgan fingerprint density at radius 2 is 1.94 bits per heavy atom. The molecule has 5 rings (SSSR count). The van der Waals surface area contributed by atoms with Crippen LogP contribution in [-0.2, 0) is 11.2 Å². The number of morpholine rings is 1. The molecule has 0 saturated carbocycles. The zero-order valence-corrected chi connectivity index (χ0v) is 18.0. The first kappa shape index (κ1) is 20.3. The predicted octanol–water partition coefficient (Wildman–Crippen LogP) is 2.42. The zero-order chi connectivity index (χ0) is 21.2. The topological polar surface area (TPSA) is 112 Å². The van der Waals surface area contributed by atoms with Crippen LogP contribution >= 0.6 is 11.6 Å². The molecule has 10 heteroatoms. The summed E-state index contributed by atoms with van der Waals surface area (Å²) in [5.41, 5.74) is 8.00. The molecule has 2 aliphatic heterocycles. The number of aromatic amines is 2. The van der Waals surface area contributed by atoms with Crippen molar-refractivity contribution in [2.45, 2.75) is 37.5 Å². The molecule has 0 spiro atoms. The maximum absolute atomic E-state index is 6.26. The van der Waals surface area contributed by atoms with Crippen LogP contribution in [0.2, 0.25) is 5.02 Å². The number of hydrogen-bond acceptors (Lipinski definition) is 7. The van der Waals surface area contributed by atoms with E-state index in [0.717, 1.165) is 49.6 Å². The molecule has 2 aliphatic rings. The number of aromatic nitrogens is 5. The summed E-state index contributed by atoms with van der Waals surface area (Å²) in [4.78, 5) is 9.11. The van der Waals surface area contributed by atoms with Gasteiger partial charge >= 0.3 is 0 Å². The van der Waals surface area contributed by atoms with Gasteiger partial charge in [-0.3, -0.25) is 10.00 Å². The number of hydrogen-bond donors (Lipinski definition) is 3. The van der Waals surface area contributed by atoms with E-state index in [9.17, 15) is 0 Å². The van der Waals surface area contributed by atoms with E-state index in [1.54, 1.807) is 6.20 Å². The molecule has 0 aliphatic carbocycles. The second-order valence-electron chi connectivity index (χ2n) is 8.25. The van der Waals surface area contributed by atoms with Crippen molar-refractivity contribution in [1.82, 2.24) is 30.3 Å². The summed E-state index contributed by atoms with van der Waals surface area (Å²) >= 11 is 6.08. The van der Waals surface area contributed by atoms with Crippen molar-refractivity contribution in [3.05, 3.63) is 52.8 Å². The molecule has 31 heavy (non-hydrogen) atoms. The van der Waals surface area contributed by atoms with Gasteiger partial charge in [-0.1, -0.05) is 23.7 Å². The Hall–Kier alpha value is -2.62. The zero-order valence-electron chi connectivity index (χ0n) is 17.2. The van der Waals surface area contributed by atoms with Crippen molar-refractivity contribution in [2.24, 2.45) is 0 Å². The molecule has 3 aromatic rings. The number of nitrogens with two attached hydrogens (primary N) is 1. The van der Waals surface area contributed by atoms with Crippen LogP contribution in [0.5, 0.6) is 0 Å². The van der Waals surface area contributed by atoms with E-state index in [2.05, 4.69) is 47.3 Å². The molecule has 2 saturated heterocycles. The van der Waals surface area contributed by atoms with Gasteiger partial charge in [0, 0.05) is 42.9 Å². The van der Waals surface area contributed by atoms with Crippen LogP contribution in [0.15, 0.2) is 36.5 Å². The second-order valence-corrected chi connectivity index (χ2v) is 8.69. The Balaban J connectivity index is 1.30. The van der Waals surface area contributed by atoms with E-state index < -0.39 is 0 Å². The minimum Gasteiger partial charge on any atom is -0.369 e. The van der Waals surface area contributed by atoms with Gasteiger partial charge in [0.05, 0.1) is 12.3 Å². The lowest BCUT2D eigenvalue weighted by atomic mass is 9.96. The molecule has 0 bridgehead atoms. The van der Waals surface area contributed by atoms with Gasteiger partial charge in [-0.15, -0.1) is 5.10 Å². The predicted molar refractivity (Wildman–Crippen MR) is 119 cm³/mol. The summed E-state index contributed by atoms with van der Waals surface area (Å²) in [6.45, 7) is 3.34. The SMILES string of the molecule is Nc1nc(N2CCC(N3C[C@H](c4ccn[nH]4)OC[C@@H]3Cc3ccc(Cl)cc3)CC2)n[nH]1. The van der Waals surface area contributed by atoms with Gasteiger partial charge in [0.1, 0.15) is 6.10 Å². The third-order valence-electron chi connectivity index (χ3n) is 6.30. The van der Waals surface area contributed by atoms with Crippen LogP contribution in [0.3, 0.4) is 0 Å². The largest absolute Gasteiger partial charge is 0.369 e. The number of nitrogens with zero attached hydrogens (tertiary/aromatic N) is 5. The van der Waals surface area contributed by atoms with Crippen LogP contribution in [0.4, 0.5) is 11.9 Å². The highest BCUT2D eigenvalue weighted by Gasteiger charge is 2.36. The Morgan fingerprint density at radius 3 is 2.61 bits per heavy atom. The fourth-order valence-electron chi connectivity index (χ4n) is 4.67. The van der Waals surface area contributed by atoms with Crippen LogP contribution in [0.1, 0.15) is 30.2 Å². The normalized spacial score (nSPS) is 23.3. The van der Waals surface area contributed by atoms with Crippen molar-refractivity contribution in [3.8, 4) is 0 Å². The van der Waals surface area contributed by atoms with Gasteiger partial charge < -0.3 is 15.4 Å². The number of benzene rings is 1. The average molecular weight is 443 g/mol. The van der Waals surface area contributed by atoms with E-state index in [0.29, 0.717) is 30.6 Å². The summed E-state index contributed by atoms with van der Waals surface area (Å²) in [6, 6.07) is 10.9. The quantitative estimate of drug-likeness (QED) is 0.556. The number of ether oxygens (including phenoxy) is 1. The lowest BCUT2D eigenvalue weighted by molar-refractivity contribution is -0.0855. The van der Waals surface area contributed by atoms with Crippen molar-refractivity contribution >= 4 is 23.5 Å². The van der Waals surface area contributed by atoms with Crippen LogP contribution in [0, 0.1) is 0 Å². The Bertz CT molecular complexity index is 968. The highest BCUT2D eigenvalue weighted by atomic mass is 35.5. The Kier molecular flexibility index (Phi) is 5.80. The van der Waals surface area contributed by atoms with Gasteiger partial charge in [0.25, 0.3) is 0 Å². The molecule has 4 N–H and O–H groups in total. The molecule has 0 amide bonds. The van der Waals surface area contributed by atoms with Crippen LogP contribution in [0.25, 0.3) is 0 Å². The second kappa shape index (κ2) is 8.86. The number of piperidine rings is 1. The number of anilines is 2. The number of rotatable bonds is 5. The fraction of sp³-hybridized carbons (Fsp3) is 0.476. The van der Waals surface area contributed by atoms with Crippen LogP contribution in [-0.4, -0.2) is 68.6 Å². The average Bonchev–Trinajstić information content (AvgIpc) is 3.48.